The summed E-state index contributed by atoms with van der Waals surface area (Å²) in [5, 5.41) is 6.89. The van der Waals surface area contributed by atoms with Crippen molar-refractivity contribution in [2.24, 2.45) is 0 Å². The number of carboxylic acid groups (broad SMARTS) is 1. The second-order valence-electron chi connectivity index (χ2n) is 6.27. The molecule has 0 spiro atoms. The number of aromatic amines is 1. The van der Waals surface area contributed by atoms with E-state index >= 15 is 0 Å². The first kappa shape index (κ1) is 20.3. The van der Waals surface area contributed by atoms with Gasteiger partial charge in [-0.2, -0.15) is 0 Å². The molecule has 4 rings (SSSR count). The summed E-state index contributed by atoms with van der Waals surface area (Å²) >= 11 is 0. The van der Waals surface area contributed by atoms with Crippen LogP contribution in [0, 0.1) is 0 Å². The summed E-state index contributed by atoms with van der Waals surface area (Å²) in [6.07, 6.45) is 8.12. The topological polar surface area (TPSA) is 113 Å². The minimum Gasteiger partial charge on any atom is -0.493 e. The van der Waals surface area contributed by atoms with Crippen LogP contribution >= 0.6 is 0 Å². The zero-order valence-electron chi connectivity index (χ0n) is 16.3. The van der Waals surface area contributed by atoms with Crippen LogP contribution in [0.1, 0.15) is 28.7 Å². The van der Waals surface area contributed by atoms with E-state index in [0.717, 1.165) is 29.9 Å². The number of carbonyl (C=O) groups is 1. The summed E-state index contributed by atoms with van der Waals surface area (Å²) in [6.45, 7) is 1.27. The molecule has 4 heterocycles. The average Bonchev–Trinajstić information content (AvgIpc) is 3.23. The molecule has 0 bridgehead atoms. The van der Waals surface area contributed by atoms with Crippen molar-refractivity contribution >= 4 is 6.47 Å². The van der Waals surface area contributed by atoms with Crippen molar-refractivity contribution in [2.75, 3.05) is 20.8 Å². The molecule has 1 unspecified atom stereocenters. The lowest BCUT2D eigenvalue weighted by atomic mass is 9.96. The minimum atomic E-state index is -0.250. The van der Waals surface area contributed by atoms with E-state index in [9.17, 15) is 0 Å². The summed E-state index contributed by atoms with van der Waals surface area (Å²) < 4.78 is 11.0. The molecule has 152 valence electrons. The number of methoxy groups -OCH3 is 2. The van der Waals surface area contributed by atoms with Crippen molar-refractivity contribution in [3.05, 3.63) is 65.8 Å². The van der Waals surface area contributed by atoms with Crippen LogP contribution in [0.4, 0.5) is 0 Å². The molecular formula is C20H23N5O4. The van der Waals surface area contributed by atoms with Gasteiger partial charge < -0.3 is 19.6 Å². The quantitative estimate of drug-likeness (QED) is 0.629. The number of aromatic nitrogens is 4. The van der Waals surface area contributed by atoms with Gasteiger partial charge in [-0.1, -0.05) is 6.07 Å². The van der Waals surface area contributed by atoms with Gasteiger partial charge in [-0.25, -0.2) is 4.98 Å². The second kappa shape index (κ2) is 9.65. The zero-order chi connectivity index (χ0) is 20.6. The molecule has 0 saturated carbocycles. The van der Waals surface area contributed by atoms with Crippen molar-refractivity contribution in [1.29, 1.82) is 0 Å². The molecule has 1 atom stereocenters. The van der Waals surface area contributed by atoms with Crippen molar-refractivity contribution in [2.45, 2.75) is 19.0 Å². The Morgan fingerprint density at radius 1 is 1.28 bits per heavy atom. The lowest BCUT2D eigenvalue weighted by molar-refractivity contribution is -0.122. The minimum absolute atomic E-state index is 0.0245. The molecule has 1 aliphatic heterocycles. The van der Waals surface area contributed by atoms with Gasteiger partial charge in [0.1, 0.15) is 5.69 Å². The highest BCUT2D eigenvalue weighted by Crippen LogP contribution is 2.36. The van der Waals surface area contributed by atoms with Crippen molar-refractivity contribution < 1.29 is 19.4 Å². The fourth-order valence-electron chi connectivity index (χ4n) is 3.56. The molecule has 0 radical (unpaired) electrons. The lowest BCUT2D eigenvalue weighted by Gasteiger charge is -2.35. The van der Waals surface area contributed by atoms with Crippen LogP contribution < -0.4 is 9.47 Å². The Kier molecular flexibility index (Phi) is 6.75. The smallest absolute Gasteiger partial charge is 0.290 e. The van der Waals surface area contributed by atoms with Crippen LogP contribution in [-0.4, -0.2) is 57.2 Å². The number of ether oxygens (including phenoxy) is 2. The molecule has 1 aliphatic rings. The predicted molar refractivity (Wildman–Crippen MR) is 105 cm³/mol. The summed E-state index contributed by atoms with van der Waals surface area (Å²) in [5.41, 5.74) is 4.19. The Balaban J connectivity index is 0.000000755. The molecule has 29 heavy (non-hydrogen) atoms. The summed E-state index contributed by atoms with van der Waals surface area (Å²) in [6, 6.07) is 5.88. The first-order valence-corrected chi connectivity index (χ1v) is 9.03. The van der Waals surface area contributed by atoms with Gasteiger partial charge in [-0.05, 0) is 11.6 Å². The summed E-state index contributed by atoms with van der Waals surface area (Å²) in [5.74, 6) is 1.36. The largest absolute Gasteiger partial charge is 0.493 e. The number of fused-ring (bicyclic) bond motifs is 1. The Morgan fingerprint density at radius 3 is 2.79 bits per heavy atom. The Hall–Kier alpha value is -3.46. The first-order chi connectivity index (χ1) is 14.2. The van der Waals surface area contributed by atoms with E-state index in [1.165, 1.54) is 5.69 Å². The maximum atomic E-state index is 8.36. The molecule has 0 saturated heterocycles. The van der Waals surface area contributed by atoms with E-state index in [2.05, 4.69) is 30.9 Å². The standard InChI is InChI=1S/C19H21N5O2.CH2O2/c1-25-16-5-8-21-15(19(16)26-2)11-24-9-6-14-17(23-12-22-14)18(24)13-4-3-7-20-10-13;2-1-3/h3-5,7-8,10,12,18H,6,9,11H2,1-2H3,(H,22,23);1H,(H,2,3). The Labute approximate surface area is 168 Å². The second-order valence-corrected chi connectivity index (χ2v) is 6.27. The maximum Gasteiger partial charge on any atom is 0.290 e. The molecule has 0 amide bonds. The number of hydrogen-bond donors (Lipinski definition) is 2. The number of pyridine rings is 2. The Morgan fingerprint density at radius 2 is 2.10 bits per heavy atom. The molecule has 3 aromatic rings. The van der Waals surface area contributed by atoms with Crippen LogP contribution in [0.3, 0.4) is 0 Å². The fraction of sp³-hybridized carbons (Fsp3) is 0.300. The van der Waals surface area contributed by atoms with E-state index in [1.807, 2.05) is 18.3 Å². The van der Waals surface area contributed by atoms with Crippen molar-refractivity contribution in [3.8, 4) is 11.5 Å². The van der Waals surface area contributed by atoms with Gasteiger partial charge in [0.25, 0.3) is 6.47 Å². The zero-order valence-corrected chi connectivity index (χ0v) is 16.3. The van der Waals surface area contributed by atoms with Crippen molar-refractivity contribution in [1.82, 2.24) is 24.8 Å². The van der Waals surface area contributed by atoms with E-state index < -0.39 is 0 Å². The highest BCUT2D eigenvalue weighted by molar-refractivity contribution is 5.43. The van der Waals surface area contributed by atoms with Crippen LogP contribution in [-0.2, 0) is 17.8 Å². The molecule has 0 aliphatic carbocycles. The predicted octanol–water partition coefficient (Wildman–Crippen LogP) is 2.07. The van der Waals surface area contributed by atoms with Gasteiger partial charge >= 0.3 is 0 Å². The van der Waals surface area contributed by atoms with Gasteiger partial charge in [0.2, 0.25) is 0 Å². The van der Waals surface area contributed by atoms with E-state index in [4.69, 9.17) is 19.4 Å². The molecular weight excluding hydrogens is 374 g/mol. The van der Waals surface area contributed by atoms with E-state index in [0.29, 0.717) is 18.0 Å². The number of rotatable bonds is 5. The highest BCUT2D eigenvalue weighted by Gasteiger charge is 2.32. The number of imidazole rings is 1. The Bertz CT molecular complexity index is 932. The van der Waals surface area contributed by atoms with Gasteiger partial charge in [0, 0.05) is 49.9 Å². The summed E-state index contributed by atoms with van der Waals surface area (Å²) in [4.78, 5) is 27.4. The first-order valence-electron chi connectivity index (χ1n) is 9.03. The van der Waals surface area contributed by atoms with Gasteiger partial charge in [-0.15, -0.1) is 0 Å². The number of hydrogen-bond acceptors (Lipinski definition) is 7. The third-order valence-electron chi connectivity index (χ3n) is 4.74. The molecule has 3 aromatic heterocycles. The van der Waals surface area contributed by atoms with Gasteiger partial charge in [0.15, 0.2) is 11.5 Å². The van der Waals surface area contributed by atoms with E-state index in [-0.39, 0.29) is 12.5 Å². The summed E-state index contributed by atoms with van der Waals surface area (Å²) in [7, 11) is 3.28. The SMILES string of the molecule is COc1ccnc(CN2CCc3[nH]cnc3C2c2cccnc2)c1OC.O=CO. The van der Waals surface area contributed by atoms with Crippen molar-refractivity contribution in [3.63, 3.8) is 0 Å². The van der Waals surface area contributed by atoms with Crippen LogP contribution in [0.15, 0.2) is 43.1 Å². The van der Waals surface area contributed by atoms with Crippen LogP contribution in [0.2, 0.25) is 0 Å². The molecule has 9 nitrogen and oxygen atoms in total. The third-order valence-corrected chi connectivity index (χ3v) is 4.74. The molecule has 2 N–H and O–H groups in total. The van der Waals surface area contributed by atoms with Crippen LogP contribution in [0.25, 0.3) is 0 Å². The van der Waals surface area contributed by atoms with Gasteiger partial charge in [-0.3, -0.25) is 19.7 Å². The van der Waals surface area contributed by atoms with Crippen LogP contribution in [0.5, 0.6) is 11.5 Å². The maximum absolute atomic E-state index is 8.36. The molecule has 9 heteroatoms. The van der Waals surface area contributed by atoms with Gasteiger partial charge in [0.05, 0.1) is 32.3 Å². The monoisotopic (exact) mass is 397 g/mol. The lowest BCUT2D eigenvalue weighted by Crippen LogP contribution is -2.36. The highest BCUT2D eigenvalue weighted by atomic mass is 16.5. The fourth-order valence-corrected chi connectivity index (χ4v) is 3.56. The average molecular weight is 397 g/mol. The normalized spacial score (nSPS) is 15.6. The molecule has 0 aromatic carbocycles. The number of H-pyrrole nitrogens is 1. The molecule has 0 fully saturated rings. The number of nitrogens with zero attached hydrogens (tertiary/aromatic N) is 4. The number of nitrogens with one attached hydrogen (secondary N) is 1. The third kappa shape index (κ3) is 4.35. The van der Waals surface area contributed by atoms with E-state index in [1.54, 1.807) is 32.9 Å².